The van der Waals surface area contributed by atoms with Crippen LogP contribution in [0.1, 0.15) is 44.9 Å². The van der Waals surface area contributed by atoms with Crippen LogP contribution in [0.15, 0.2) is 0 Å². The van der Waals surface area contributed by atoms with Crippen LogP contribution in [-0.4, -0.2) is 28.7 Å². The first-order chi connectivity index (χ1) is 7.27. The second kappa shape index (κ2) is 5.65. The highest BCUT2D eigenvalue weighted by Gasteiger charge is 2.32. The van der Waals surface area contributed by atoms with Crippen molar-refractivity contribution in [3.63, 3.8) is 0 Å². The summed E-state index contributed by atoms with van der Waals surface area (Å²) in [5.74, 6) is 0.474. The van der Waals surface area contributed by atoms with Gasteiger partial charge in [0.1, 0.15) is 0 Å². The average molecular weight is 277 g/mol. The molecule has 0 aromatic rings. The van der Waals surface area contributed by atoms with Gasteiger partial charge in [-0.3, -0.25) is 0 Å². The molecule has 0 radical (unpaired) electrons. The fraction of sp³-hybridized carbons (Fsp3) is 1.00. The number of halogens is 1. The average Bonchev–Trinajstić information content (AvgIpc) is 2.30. The van der Waals surface area contributed by atoms with Gasteiger partial charge in [0.05, 0.1) is 12.2 Å². The van der Waals surface area contributed by atoms with E-state index in [4.69, 9.17) is 4.74 Å². The smallest absolute Gasteiger partial charge is 0.0836 e. The summed E-state index contributed by atoms with van der Waals surface area (Å²) in [5, 5.41) is 10.2. The number of ether oxygens (including phenoxy) is 1. The maximum atomic E-state index is 10.2. The molecule has 2 fully saturated rings. The van der Waals surface area contributed by atoms with E-state index in [2.05, 4.69) is 15.9 Å². The first kappa shape index (κ1) is 11.9. The van der Waals surface area contributed by atoms with E-state index in [-0.39, 0.29) is 12.2 Å². The van der Waals surface area contributed by atoms with Crippen molar-refractivity contribution in [3.8, 4) is 0 Å². The summed E-state index contributed by atoms with van der Waals surface area (Å²) in [6.07, 6.45) is 8.04. The minimum atomic E-state index is -0.217. The number of aliphatic hydroxyl groups excluding tert-OH is 1. The Balaban J connectivity index is 1.81. The van der Waals surface area contributed by atoms with Crippen molar-refractivity contribution in [2.24, 2.45) is 5.92 Å². The molecular weight excluding hydrogens is 256 g/mol. The molecule has 0 amide bonds. The maximum absolute atomic E-state index is 10.2. The second-order valence-electron chi connectivity index (χ2n) is 4.91. The van der Waals surface area contributed by atoms with Gasteiger partial charge in [0.2, 0.25) is 0 Å². The van der Waals surface area contributed by atoms with Gasteiger partial charge in [0.15, 0.2) is 0 Å². The fourth-order valence-corrected chi connectivity index (χ4v) is 3.29. The highest BCUT2D eigenvalue weighted by atomic mass is 79.9. The Morgan fingerprint density at radius 2 is 1.80 bits per heavy atom. The Labute approximate surface area is 101 Å². The monoisotopic (exact) mass is 276 g/mol. The van der Waals surface area contributed by atoms with Crippen LogP contribution in [0.3, 0.4) is 0 Å². The first-order valence-corrected chi connectivity index (χ1v) is 7.12. The van der Waals surface area contributed by atoms with Gasteiger partial charge in [-0.05, 0) is 50.9 Å². The van der Waals surface area contributed by atoms with Gasteiger partial charge in [-0.15, -0.1) is 0 Å². The molecule has 88 valence electrons. The van der Waals surface area contributed by atoms with E-state index < -0.39 is 0 Å². The Bertz CT molecular complexity index is 184. The molecule has 3 heteroatoms. The molecule has 2 rings (SSSR count). The molecule has 15 heavy (non-hydrogen) atoms. The lowest BCUT2D eigenvalue weighted by atomic mass is 9.82. The van der Waals surface area contributed by atoms with Gasteiger partial charge in [0.25, 0.3) is 0 Å². The van der Waals surface area contributed by atoms with Crippen LogP contribution < -0.4 is 0 Å². The summed E-state index contributed by atoms with van der Waals surface area (Å²) in [4.78, 5) is 0.674. The van der Waals surface area contributed by atoms with Gasteiger partial charge < -0.3 is 9.84 Å². The molecule has 0 spiro atoms. The predicted molar refractivity (Wildman–Crippen MR) is 64.3 cm³/mol. The van der Waals surface area contributed by atoms with E-state index in [1.165, 1.54) is 19.3 Å². The van der Waals surface area contributed by atoms with E-state index in [1.54, 1.807) is 0 Å². The summed E-state index contributed by atoms with van der Waals surface area (Å²) >= 11 is 3.65. The third kappa shape index (κ3) is 3.18. The van der Waals surface area contributed by atoms with Crippen molar-refractivity contribution in [3.05, 3.63) is 0 Å². The maximum Gasteiger partial charge on any atom is 0.0836 e. The minimum absolute atomic E-state index is 0.121. The van der Waals surface area contributed by atoms with E-state index in [0.717, 1.165) is 32.3 Å². The van der Waals surface area contributed by atoms with Crippen LogP contribution >= 0.6 is 15.9 Å². The van der Waals surface area contributed by atoms with Crippen molar-refractivity contribution >= 4 is 15.9 Å². The zero-order valence-electron chi connectivity index (χ0n) is 9.20. The van der Waals surface area contributed by atoms with Crippen molar-refractivity contribution in [1.82, 2.24) is 0 Å². The summed E-state index contributed by atoms with van der Waals surface area (Å²) < 4.78 is 5.66. The molecule has 1 aliphatic carbocycles. The Hall–Kier alpha value is 0.400. The molecule has 0 aromatic heterocycles. The van der Waals surface area contributed by atoms with Crippen LogP contribution in [0.2, 0.25) is 0 Å². The zero-order chi connectivity index (χ0) is 10.7. The molecule has 2 unspecified atom stereocenters. The first-order valence-electron chi connectivity index (χ1n) is 6.21. The molecular formula is C12H21BrO2. The lowest BCUT2D eigenvalue weighted by Gasteiger charge is -2.35. The van der Waals surface area contributed by atoms with Crippen molar-refractivity contribution in [1.29, 1.82) is 0 Å². The molecule has 2 aliphatic rings. The molecule has 1 aliphatic heterocycles. The number of hydrogen-bond donors (Lipinski definition) is 1. The number of hydrogen-bond acceptors (Lipinski definition) is 2. The lowest BCUT2D eigenvalue weighted by molar-refractivity contribution is -0.0879. The molecule has 1 saturated heterocycles. The fourth-order valence-electron chi connectivity index (χ4n) is 2.76. The van der Waals surface area contributed by atoms with Gasteiger partial charge in [-0.25, -0.2) is 0 Å². The van der Waals surface area contributed by atoms with Crippen LogP contribution in [0.5, 0.6) is 0 Å². The number of aliphatic hydroxyl groups is 1. The van der Waals surface area contributed by atoms with Crippen molar-refractivity contribution in [2.45, 2.75) is 62.0 Å². The Kier molecular flexibility index (Phi) is 4.47. The molecule has 0 aromatic carbocycles. The van der Waals surface area contributed by atoms with E-state index in [0.29, 0.717) is 10.7 Å². The zero-order valence-corrected chi connectivity index (χ0v) is 10.8. The van der Waals surface area contributed by atoms with Gasteiger partial charge in [-0.1, -0.05) is 15.9 Å². The number of alkyl halides is 1. The third-order valence-electron chi connectivity index (χ3n) is 3.78. The second-order valence-corrected chi connectivity index (χ2v) is 6.20. The Morgan fingerprint density at radius 1 is 1.07 bits per heavy atom. The Morgan fingerprint density at radius 3 is 2.40 bits per heavy atom. The van der Waals surface area contributed by atoms with Crippen molar-refractivity contribution in [2.75, 3.05) is 6.61 Å². The molecule has 2 nitrogen and oxygen atoms in total. The summed E-state index contributed by atoms with van der Waals surface area (Å²) in [7, 11) is 0. The topological polar surface area (TPSA) is 29.5 Å². The van der Waals surface area contributed by atoms with E-state index >= 15 is 0 Å². The largest absolute Gasteiger partial charge is 0.390 e. The van der Waals surface area contributed by atoms with Crippen molar-refractivity contribution < 1.29 is 9.84 Å². The van der Waals surface area contributed by atoms with E-state index in [1.807, 2.05) is 0 Å². The van der Waals surface area contributed by atoms with Crippen LogP contribution in [-0.2, 0) is 4.74 Å². The molecule has 0 bridgehead atoms. The summed E-state index contributed by atoms with van der Waals surface area (Å²) in [6.45, 7) is 0.843. The molecule has 1 heterocycles. The quantitative estimate of drug-likeness (QED) is 0.786. The predicted octanol–water partition coefficient (Wildman–Crippen LogP) is 2.87. The lowest BCUT2D eigenvalue weighted by Crippen LogP contribution is -2.39. The summed E-state index contributed by atoms with van der Waals surface area (Å²) in [5.41, 5.74) is 0. The van der Waals surface area contributed by atoms with Crippen LogP contribution in [0, 0.1) is 5.92 Å². The standard InChI is InChI=1S/C12H21BrO2/c13-10-6-4-9(5-7-10)12(14)11-3-1-2-8-15-11/h9-12,14H,1-8H2. The number of rotatable bonds is 2. The van der Waals surface area contributed by atoms with Crippen LogP contribution in [0.25, 0.3) is 0 Å². The summed E-state index contributed by atoms with van der Waals surface area (Å²) in [6, 6.07) is 0. The van der Waals surface area contributed by atoms with Gasteiger partial charge in [0, 0.05) is 11.4 Å². The van der Waals surface area contributed by atoms with Crippen LogP contribution in [0.4, 0.5) is 0 Å². The molecule has 1 N–H and O–H groups in total. The van der Waals surface area contributed by atoms with E-state index in [9.17, 15) is 5.11 Å². The van der Waals surface area contributed by atoms with Gasteiger partial charge >= 0.3 is 0 Å². The molecule has 1 saturated carbocycles. The van der Waals surface area contributed by atoms with Gasteiger partial charge in [-0.2, -0.15) is 0 Å². The SMILES string of the molecule is OC(C1CCC(Br)CC1)C1CCCCO1. The highest BCUT2D eigenvalue weighted by molar-refractivity contribution is 9.09. The molecule has 2 atom stereocenters. The highest BCUT2D eigenvalue weighted by Crippen LogP contribution is 2.33. The minimum Gasteiger partial charge on any atom is -0.390 e. The normalized spacial score (nSPS) is 40.0. The third-order valence-corrected chi connectivity index (χ3v) is 4.70.